The SMILES string of the molecule is COc1cc2nccc(Oc3ccc(NC(=O)c4cn(C)c(C)c(C5CCCC5)c4=O)cc3F)c2nc1OC. The van der Waals surface area contributed by atoms with Crippen molar-refractivity contribution >= 4 is 22.6 Å². The second-order valence-electron chi connectivity index (χ2n) is 9.54. The molecule has 10 heteroatoms. The van der Waals surface area contributed by atoms with E-state index in [1.165, 1.54) is 38.7 Å². The number of fused-ring (bicyclic) bond motifs is 1. The van der Waals surface area contributed by atoms with E-state index in [1.807, 2.05) is 14.0 Å². The molecule has 4 aromatic rings. The fourth-order valence-corrected chi connectivity index (χ4v) is 5.07. The van der Waals surface area contributed by atoms with Gasteiger partial charge in [0.2, 0.25) is 0 Å². The molecule has 0 spiro atoms. The highest BCUT2D eigenvalue weighted by atomic mass is 19.1. The summed E-state index contributed by atoms with van der Waals surface area (Å²) < 4.78 is 33.3. The minimum Gasteiger partial charge on any atom is -0.491 e. The fourth-order valence-electron chi connectivity index (χ4n) is 5.07. The molecule has 0 aliphatic heterocycles. The summed E-state index contributed by atoms with van der Waals surface area (Å²) in [5.41, 5.74) is 2.37. The Morgan fingerprint density at radius 1 is 1.08 bits per heavy atom. The van der Waals surface area contributed by atoms with Gasteiger partial charge in [-0.25, -0.2) is 9.37 Å². The molecule has 1 saturated carbocycles. The number of pyridine rings is 3. The summed E-state index contributed by atoms with van der Waals surface area (Å²) in [4.78, 5) is 35.0. The van der Waals surface area contributed by atoms with E-state index in [0.717, 1.165) is 37.4 Å². The van der Waals surface area contributed by atoms with E-state index in [0.29, 0.717) is 22.3 Å². The molecule has 0 saturated heterocycles. The van der Waals surface area contributed by atoms with Gasteiger partial charge in [-0.1, -0.05) is 12.8 Å². The molecule has 1 aromatic carbocycles. The number of aryl methyl sites for hydroxylation is 1. The fraction of sp³-hybridized carbons (Fsp3) is 0.310. The molecule has 1 N–H and O–H groups in total. The zero-order chi connectivity index (χ0) is 27.7. The number of nitrogens with one attached hydrogen (secondary N) is 1. The Morgan fingerprint density at radius 2 is 1.85 bits per heavy atom. The van der Waals surface area contributed by atoms with E-state index in [-0.39, 0.29) is 40.0 Å². The van der Waals surface area contributed by atoms with E-state index >= 15 is 4.39 Å². The first kappa shape index (κ1) is 26.1. The third kappa shape index (κ3) is 5.01. The van der Waals surface area contributed by atoms with Gasteiger partial charge in [-0.15, -0.1) is 0 Å². The Bertz CT molecular complexity index is 1630. The predicted molar refractivity (Wildman–Crippen MR) is 145 cm³/mol. The van der Waals surface area contributed by atoms with Gasteiger partial charge in [0.1, 0.15) is 11.1 Å². The molecule has 0 radical (unpaired) electrons. The molecule has 0 bridgehead atoms. The summed E-state index contributed by atoms with van der Waals surface area (Å²) in [5, 5.41) is 2.65. The van der Waals surface area contributed by atoms with Gasteiger partial charge >= 0.3 is 0 Å². The number of nitrogens with zero attached hydrogens (tertiary/aromatic N) is 3. The minimum absolute atomic E-state index is 0.0319. The number of hydrogen-bond donors (Lipinski definition) is 1. The molecular formula is C29H29FN4O5. The Morgan fingerprint density at radius 3 is 2.54 bits per heavy atom. The van der Waals surface area contributed by atoms with Crippen LogP contribution in [-0.2, 0) is 7.05 Å². The highest BCUT2D eigenvalue weighted by Crippen LogP contribution is 2.36. The lowest BCUT2D eigenvalue weighted by atomic mass is 9.94. The number of hydrogen-bond acceptors (Lipinski definition) is 7. The number of aromatic nitrogens is 3. The van der Waals surface area contributed by atoms with Crippen molar-refractivity contribution in [3.63, 3.8) is 0 Å². The third-order valence-electron chi connectivity index (χ3n) is 7.17. The van der Waals surface area contributed by atoms with E-state index in [2.05, 4.69) is 15.3 Å². The zero-order valence-electron chi connectivity index (χ0n) is 22.2. The molecule has 1 amide bonds. The molecule has 0 unspecified atom stereocenters. The van der Waals surface area contributed by atoms with Crippen LogP contribution in [-0.4, -0.2) is 34.7 Å². The standard InChI is InChI=1S/C29H29FN4O5/c1-16-25(17-7-5-6-8-17)27(35)19(15-34(16)2)28(36)32-18-9-10-22(20(30)13-18)39-23-11-12-31-21-14-24(37-3)29(38-4)33-26(21)23/h9-15,17H,5-8H2,1-4H3,(H,32,36). The lowest BCUT2D eigenvalue weighted by Crippen LogP contribution is -2.28. The van der Waals surface area contributed by atoms with Crippen LogP contribution in [0.3, 0.4) is 0 Å². The smallest absolute Gasteiger partial charge is 0.261 e. The van der Waals surface area contributed by atoms with Crippen molar-refractivity contribution in [1.82, 2.24) is 14.5 Å². The molecular weight excluding hydrogens is 503 g/mol. The average molecular weight is 533 g/mol. The third-order valence-corrected chi connectivity index (χ3v) is 7.17. The number of halogens is 1. The number of methoxy groups -OCH3 is 2. The van der Waals surface area contributed by atoms with Crippen molar-refractivity contribution in [3.05, 3.63) is 75.6 Å². The molecule has 3 heterocycles. The van der Waals surface area contributed by atoms with Crippen molar-refractivity contribution in [1.29, 1.82) is 0 Å². The zero-order valence-corrected chi connectivity index (χ0v) is 22.2. The summed E-state index contributed by atoms with van der Waals surface area (Å²) >= 11 is 0. The number of benzene rings is 1. The number of amides is 1. The van der Waals surface area contributed by atoms with Gasteiger partial charge in [0.05, 0.1) is 19.7 Å². The molecule has 1 fully saturated rings. The lowest BCUT2D eigenvalue weighted by molar-refractivity contribution is 0.102. The quantitative estimate of drug-likeness (QED) is 0.335. The largest absolute Gasteiger partial charge is 0.491 e. The maximum Gasteiger partial charge on any atom is 0.261 e. The van der Waals surface area contributed by atoms with Crippen LogP contribution < -0.4 is 25.0 Å². The van der Waals surface area contributed by atoms with Gasteiger partial charge in [-0.05, 0) is 37.8 Å². The van der Waals surface area contributed by atoms with Gasteiger partial charge < -0.3 is 24.1 Å². The summed E-state index contributed by atoms with van der Waals surface area (Å²) in [5.74, 6) is -0.314. The normalized spacial score (nSPS) is 13.5. The molecule has 39 heavy (non-hydrogen) atoms. The Hall–Kier alpha value is -4.47. The van der Waals surface area contributed by atoms with Crippen LogP contribution in [0.2, 0.25) is 0 Å². The first-order valence-corrected chi connectivity index (χ1v) is 12.7. The molecule has 1 aliphatic rings. The summed E-state index contributed by atoms with van der Waals surface area (Å²) in [6.45, 7) is 1.90. The van der Waals surface area contributed by atoms with Crippen LogP contribution in [0.25, 0.3) is 11.0 Å². The average Bonchev–Trinajstić information content (AvgIpc) is 3.46. The first-order chi connectivity index (χ1) is 18.8. The molecule has 5 rings (SSSR count). The number of anilines is 1. The molecule has 1 aliphatic carbocycles. The highest BCUT2D eigenvalue weighted by molar-refractivity contribution is 6.04. The summed E-state index contributed by atoms with van der Waals surface area (Å²) in [6.07, 6.45) is 7.07. The van der Waals surface area contributed by atoms with Gasteiger partial charge in [0, 0.05) is 54.6 Å². The Labute approximate surface area is 224 Å². The van der Waals surface area contributed by atoms with Gasteiger partial charge in [-0.2, -0.15) is 0 Å². The van der Waals surface area contributed by atoms with Crippen molar-refractivity contribution in [2.75, 3.05) is 19.5 Å². The van der Waals surface area contributed by atoms with Crippen LogP contribution in [0.15, 0.2) is 47.5 Å². The summed E-state index contributed by atoms with van der Waals surface area (Å²) in [6, 6.07) is 7.26. The van der Waals surface area contributed by atoms with Crippen LogP contribution in [0, 0.1) is 12.7 Å². The van der Waals surface area contributed by atoms with E-state index in [9.17, 15) is 9.59 Å². The van der Waals surface area contributed by atoms with E-state index in [1.54, 1.807) is 16.7 Å². The van der Waals surface area contributed by atoms with E-state index in [4.69, 9.17) is 14.2 Å². The predicted octanol–water partition coefficient (Wildman–Crippen LogP) is 5.50. The van der Waals surface area contributed by atoms with Crippen molar-refractivity contribution < 1.29 is 23.4 Å². The molecule has 0 atom stereocenters. The summed E-state index contributed by atoms with van der Waals surface area (Å²) in [7, 11) is 4.77. The van der Waals surface area contributed by atoms with E-state index < -0.39 is 11.7 Å². The number of rotatable bonds is 7. The maximum absolute atomic E-state index is 15.1. The van der Waals surface area contributed by atoms with Crippen molar-refractivity contribution in [2.45, 2.75) is 38.5 Å². The van der Waals surface area contributed by atoms with Gasteiger partial charge in [0.25, 0.3) is 11.8 Å². The van der Waals surface area contributed by atoms with Crippen LogP contribution in [0.5, 0.6) is 23.1 Å². The van der Waals surface area contributed by atoms with Crippen molar-refractivity contribution in [2.24, 2.45) is 7.05 Å². The lowest BCUT2D eigenvalue weighted by Gasteiger charge is -2.17. The van der Waals surface area contributed by atoms with Crippen LogP contribution in [0.4, 0.5) is 10.1 Å². The second-order valence-corrected chi connectivity index (χ2v) is 9.54. The van der Waals surface area contributed by atoms with Gasteiger partial charge in [0.15, 0.2) is 28.5 Å². The number of ether oxygens (including phenoxy) is 3. The Kier molecular flexibility index (Phi) is 7.19. The van der Waals surface area contributed by atoms with Gasteiger partial charge in [-0.3, -0.25) is 14.6 Å². The second kappa shape index (κ2) is 10.7. The Balaban J connectivity index is 1.40. The number of carbonyl (C=O) groups excluding carboxylic acids is 1. The maximum atomic E-state index is 15.1. The monoisotopic (exact) mass is 532 g/mol. The number of carbonyl (C=O) groups is 1. The molecule has 202 valence electrons. The van der Waals surface area contributed by atoms with Crippen LogP contribution >= 0.6 is 0 Å². The topological polar surface area (TPSA) is 105 Å². The highest BCUT2D eigenvalue weighted by Gasteiger charge is 2.26. The van der Waals surface area contributed by atoms with Crippen molar-refractivity contribution in [3.8, 4) is 23.1 Å². The molecule has 3 aromatic heterocycles. The minimum atomic E-state index is -0.707. The molecule has 9 nitrogen and oxygen atoms in total. The van der Waals surface area contributed by atoms with Crippen LogP contribution in [0.1, 0.15) is 53.2 Å². The first-order valence-electron chi connectivity index (χ1n) is 12.7.